The second kappa shape index (κ2) is 9.62. The molecule has 13 heteroatoms. The van der Waals surface area contributed by atoms with Gasteiger partial charge in [-0.25, -0.2) is 9.78 Å². The number of aliphatic carboxylic acids is 1. The largest absolute Gasteiger partial charge is 0.573 e. The Morgan fingerprint density at radius 2 is 1.82 bits per heavy atom. The molecule has 2 N–H and O–H groups in total. The van der Waals surface area contributed by atoms with Crippen LogP contribution in [0.3, 0.4) is 0 Å². The van der Waals surface area contributed by atoms with Gasteiger partial charge < -0.3 is 19.7 Å². The van der Waals surface area contributed by atoms with Crippen molar-refractivity contribution in [3.05, 3.63) is 48.5 Å². The van der Waals surface area contributed by atoms with Crippen LogP contribution in [0, 0.1) is 0 Å². The van der Waals surface area contributed by atoms with Crippen LogP contribution in [0.4, 0.5) is 26.3 Å². The van der Waals surface area contributed by atoms with Crippen molar-refractivity contribution >= 4 is 11.9 Å². The number of aromatic nitrogens is 2. The number of nitrogens with zero attached hydrogens (tertiary/aromatic N) is 2. The summed E-state index contributed by atoms with van der Waals surface area (Å²) in [4.78, 5) is 24.3. The van der Waals surface area contributed by atoms with E-state index in [0.29, 0.717) is 5.56 Å². The van der Waals surface area contributed by atoms with E-state index < -0.39 is 18.5 Å². The number of halogens is 6. The van der Waals surface area contributed by atoms with E-state index in [1.54, 1.807) is 23.0 Å². The Kier molecular flexibility index (Phi) is 7.83. The number of carbonyl (C=O) groups excluding carboxylic acids is 1. The van der Waals surface area contributed by atoms with Crippen LogP contribution in [0.25, 0.3) is 0 Å². The van der Waals surface area contributed by atoms with E-state index in [2.05, 4.69) is 15.0 Å². The van der Waals surface area contributed by atoms with Gasteiger partial charge in [-0.1, -0.05) is 12.1 Å². The zero-order chi connectivity index (χ0) is 21.4. The van der Waals surface area contributed by atoms with Crippen molar-refractivity contribution in [1.29, 1.82) is 0 Å². The van der Waals surface area contributed by atoms with Crippen molar-refractivity contribution in [2.24, 2.45) is 0 Å². The number of benzene rings is 1. The molecule has 154 valence electrons. The monoisotopic (exact) mass is 413 g/mol. The number of alkyl halides is 6. The lowest BCUT2D eigenvalue weighted by molar-refractivity contribution is -0.274. The topological polar surface area (TPSA) is 93.5 Å². The molecule has 0 aliphatic heterocycles. The number of hydrogen-bond acceptors (Lipinski definition) is 4. The van der Waals surface area contributed by atoms with E-state index in [1.165, 1.54) is 24.5 Å². The number of imidazole rings is 1. The number of ether oxygens (including phenoxy) is 1. The Balaban J connectivity index is 0.000000480. The SMILES string of the molecule is O=C(Cn1ccnc1)NCc1cccc(OC(F)(F)F)c1.O=C(O)C(F)(F)F. The molecule has 7 nitrogen and oxygen atoms in total. The van der Waals surface area contributed by atoms with Gasteiger partial charge in [-0.3, -0.25) is 4.79 Å². The van der Waals surface area contributed by atoms with Crippen LogP contribution in [0.2, 0.25) is 0 Å². The fourth-order valence-corrected chi connectivity index (χ4v) is 1.66. The quantitative estimate of drug-likeness (QED) is 0.736. The van der Waals surface area contributed by atoms with E-state index in [1.807, 2.05) is 0 Å². The predicted octanol–water partition coefficient (Wildman–Crippen LogP) is 2.73. The normalized spacial score (nSPS) is 11.2. The van der Waals surface area contributed by atoms with E-state index in [9.17, 15) is 31.1 Å². The summed E-state index contributed by atoms with van der Waals surface area (Å²) in [5.41, 5.74) is 0.510. The van der Waals surface area contributed by atoms with Gasteiger partial charge in [0, 0.05) is 18.9 Å². The van der Waals surface area contributed by atoms with Gasteiger partial charge in [-0.15, -0.1) is 13.2 Å². The highest BCUT2D eigenvalue weighted by molar-refractivity contribution is 5.75. The fourth-order valence-electron chi connectivity index (χ4n) is 1.66. The van der Waals surface area contributed by atoms with Gasteiger partial charge in [0.05, 0.1) is 6.33 Å². The first-order valence-electron chi connectivity index (χ1n) is 7.24. The molecular weight excluding hydrogens is 400 g/mol. The van der Waals surface area contributed by atoms with Crippen molar-refractivity contribution in [2.45, 2.75) is 25.6 Å². The second-order valence-electron chi connectivity index (χ2n) is 5.01. The predicted molar refractivity (Wildman–Crippen MR) is 80.9 cm³/mol. The first-order valence-corrected chi connectivity index (χ1v) is 7.24. The van der Waals surface area contributed by atoms with Crippen molar-refractivity contribution < 1.29 is 45.8 Å². The standard InChI is InChI=1S/C13H12F3N3O2.C2HF3O2/c14-13(15,16)21-11-3-1-2-10(6-11)7-18-12(20)8-19-5-4-17-9-19;3-2(4,5)1(6)7/h1-6,9H,7-8H2,(H,18,20);(H,6,7). The Morgan fingerprint density at radius 3 is 2.32 bits per heavy atom. The summed E-state index contributed by atoms with van der Waals surface area (Å²) in [5, 5.41) is 9.73. The van der Waals surface area contributed by atoms with Crippen LogP contribution >= 0.6 is 0 Å². The molecule has 1 aromatic heterocycles. The third-order valence-corrected chi connectivity index (χ3v) is 2.75. The van der Waals surface area contributed by atoms with Crippen molar-refractivity contribution in [2.75, 3.05) is 0 Å². The Labute approximate surface area is 153 Å². The molecule has 0 saturated heterocycles. The summed E-state index contributed by atoms with van der Waals surface area (Å²) in [6.45, 7) is 0.210. The number of carbonyl (C=O) groups is 2. The van der Waals surface area contributed by atoms with E-state index >= 15 is 0 Å². The van der Waals surface area contributed by atoms with Gasteiger partial charge in [0.15, 0.2) is 0 Å². The third-order valence-electron chi connectivity index (χ3n) is 2.75. The van der Waals surface area contributed by atoms with Crippen molar-refractivity contribution in [3.8, 4) is 5.75 Å². The van der Waals surface area contributed by atoms with Gasteiger partial charge in [-0.2, -0.15) is 13.2 Å². The zero-order valence-corrected chi connectivity index (χ0v) is 13.8. The molecule has 0 fully saturated rings. The number of nitrogens with one attached hydrogen (secondary N) is 1. The summed E-state index contributed by atoms with van der Waals surface area (Å²) in [6.07, 6.45) is -5.14. The summed E-state index contributed by atoms with van der Waals surface area (Å²) >= 11 is 0. The van der Waals surface area contributed by atoms with Crippen LogP contribution in [0.15, 0.2) is 43.0 Å². The molecule has 0 aliphatic rings. The highest BCUT2D eigenvalue weighted by Crippen LogP contribution is 2.23. The van der Waals surface area contributed by atoms with Crippen LogP contribution < -0.4 is 10.1 Å². The van der Waals surface area contributed by atoms with Gasteiger partial charge >= 0.3 is 18.5 Å². The second-order valence-corrected chi connectivity index (χ2v) is 5.01. The van der Waals surface area contributed by atoms with Crippen LogP contribution in [0.1, 0.15) is 5.56 Å². The highest BCUT2D eigenvalue weighted by atomic mass is 19.4. The van der Waals surface area contributed by atoms with Gasteiger partial charge in [-0.05, 0) is 17.7 Å². The molecule has 1 aromatic carbocycles. The molecule has 2 aromatic rings. The van der Waals surface area contributed by atoms with Crippen molar-refractivity contribution in [3.63, 3.8) is 0 Å². The molecule has 1 amide bonds. The molecule has 1 heterocycles. The summed E-state index contributed by atoms with van der Waals surface area (Å²) in [6, 6.07) is 5.45. The molecular formula is C15H13F6N3O4. The minimum Gasteiger partial charge on any atom is -0.475 e. The molecule has 2 rings (SSSR count). The van der Waals surface area contributed by atoms with Crippen LogP contribution in [0.5, 0.6) is 5.75 Å². The Morgan fingerprint density at radius 1 is 1.18 bits per heavy atom. The lowest BCUT2D eigenvalue weighted by Crippen LogP contribution is -2.26. The Bertz CT molecular complexity index is 775. The molecule has 0 atom stereocenters. The number of carboxylic acids is 1. The van der Waals surface area contributed by atoms with E-state index in [0.717, 1.165) is 0 Å². The first kappa shape index (κ1) is 22.8. The average molecular weight is 413 g/mol. The molecule has 28 heavy (non-hydrogen) atoms. The lowest BCUT2D eigenvalue weighted by atomic mass is 10.2. The number of carboxylic acid groups (broad SMARTS) is 1. The van der Waals surface area contributed by atoms with Gasteiger partial charge in [0.1, 0.15) is 12.3 Å². The molecule has 0 bridgehead atoms. The first-order chi connectivity index (χ1) is 12.9. The van der Waals surface area contributed by atoms with Gasteiger partial charge in [0.2, 0.25) is 5.91 Å². The van der Waals surface area contributed by atoms with Gasteiger partial charge in [0.25, 0.3) is 0 Å². The lowest BCUT2D eigenvalue weighted by Gasteiger charge is -2.10. The van der Waals surface area contributed by atoms with E-state index in [-0.39, 0.29) is 24.7 Å². The summed E-state index contributed by atoms with van der Waals surface area (Å²) in [7, 11) is 0. The molecule has 0 saturated carbocycles. The highest BCUT2D eigenvalue weighted by Gasteiger charge is 2.38. The fraction of sp³-hybridized carbons (Fsp3) is 0.267. The summed E-state index contributed by atoms with van der Waals surface area (Å²) in [5.74, 6) is -3.34. The number of amides is 1. The van der Waals surface area contributed by atoms with Crippen LogP contribution in [-0.4, -0.2) is 39.1 Å². The molecule has 0 spiro atoms. The maximum atomic E-state index is 12.1. The summed E-state index contributed by atoms with van der Waals surface area (Å²) < 4.78 is 73.4. The van der Waals surface area contributed by atoms with Crippen LogP contribution in [-0.2, 0) is 22.7 Å². The van der Waals surface area contributed by atoms with E-state index in [4.69, 9.17) is 9.90 Å². The number of hydrogen-bond donors (Lipinski definition) is 2. The maximum absolute atomic E-state index is 12.1. The molecule has 0 unspecified atom stereocenters. The zero-order valence-electron chi connectivity index (χ0n) is 13.8. The average Bonchev–Trinajstić information content (AvgIpc) is 3.04. The number of rotatable bonds is 5. The molecule has 0 aliphatic carbocycles. The molecule has 0 radical (unpaired) electrons. The minimum absolute atomic E-state index is 0.0960. The third kappa shape index (κ3) is 9.45. The smallest absolute Gasteiger partial charge is 0.475 e. The maximum Gasteiger partial charge on any atom is 0.573 e. The Hall–Kier alpha value is -3.25. The minimum atomic E-state index is -5.08. The van der Waals surface area contributed by atoms with Crippen molar-refractivity contribution in [1.82, 2.24) is 14.9 Å².